The molecule has 6 nitrogen and oxygen atoms in total. The molecule has 0 radical (unpaired) electrons. The first-order valence-electron chi connectivity index (χ1n) is 5.90. The molecule has 18 heavy (non-hydrogen) atoms. The Balaban J connectivity index is 2.21. The molecule has 1 aliphatic heterocycles. The predicted molar refractivity (Wildman–Crippen MR) is 70.7 cm³/mol. The van der Waals surface area contributed by atoms with Gasteiger partial charge in [0.05, 0.1) is 0 Å². The number of hydrogen-bond acceptors (Lipinski definition) is 6. The Kier molecular flexibility index (Phi) is 3.61. The fourth-order valence-electron chi connectivity index (χ4n) is 2.07. The molecule has 8 heteroatoms. The van der Waals surface area contributed by atoms with Crippen LogP contribution in [0.1, 0.15) is 33.1 Å². The van der Waals surface area contributed by atoms with Crippen molar-refractivity contribution in [1.29, 1.82) is 0 Å². The van der Waals surface area contributed by atoms with E-state index in [1.165, 1.54) is 4.31 Å². The van der Waals surface area contributed by atoms with Crippen LogP contribution in [-0.2, 0) is 10.0 Å². The molecule has 1 fully saturated rings. The number of nitrogen functional groups attached to an aromatic ring is 1. The van der Waals surface area contributed by atoms with Gasteiger partial charge < -0.3 is 5.73 Å². The molecule has 0 saturated carbocycles. The molecular formula is C10H18N4O2S2. The Hall–Kier alpha value is -0.730. The molecule has 1 aromatic heterocycles. The second kappa shape index (κ2) is 4.75. The van der Waals surface area contributed by atoms with Crippen LogP contribution in [0.25, 0.3) is 0 Å². The summed E-state index contributed by atoms with van der Waals surface area (Å²) in [6.45, 7) is 5.43. The van der Waals surface area contributed by atoms with Gasteiger partial charge in [0, 0.05) is 13.1 Å². The maximum atomic E-state index is 12.3. The molecule has 0 aliphatic carbocycles. The van der Waals surface area contributed by atoms with Gasteiger partial charge in [-0.15, -0.1) is 10.2 Å². The fourth-order valence-corrected chi connectivity index (χ4v) is 4.48. The largest absolute Gasteiger partial charge is 0.374 e. The zero-order valence-electron chi connectivity index (χ0n) is 10.6. The van der Waals surface area contributed by atoms with Gasteiger partial charge in [0.15, 0.2) is 0 Å². The highest BCUT2D eigenvalue weighted by atomic mass is 32.2. The summed E-state index contributed by atoms with van der Waals surface area (Å²) in [6.07, 6.45) is 2.78. The summed E-state index contributed by atoms with van der Waals surface area (Å²) < 4.78 is 26.2. The number of nitrogens with zero attached hydrogens (tertiary/aromatic N) is 3. The van der Waals surface area contributed by atoms with Gasteiger partial charge in [0.1, 0.15) is 0 Å². The Morgan fingerprint density at radius 2 is 2.00 bits per heavy atom. The van der Waals surface area contributed by atoms with E-state index < -0.39 is 10.0 Å². The lowest BCUT2D eigenvalue weighted by atomic mass is 9.85. The average Bonchev–Trinajstić information content (AvgIpc) is 2.61. The van der Waals surface area contributed by atoms with E-state index in [0.29, 0.717) is 13.1 Å². The zero-order valence-corrected chi connectivity index (χ0v) is 12.2. The summed E-state index contributed by atoms with van der Waals surface area (Å²) in [4.78, 5) is 0. The van der Waals surface area contributed by atoms with Gasteiger partial charge in [-0.25, -0.2) is 8.42 Å². The molecular weight excluding hydrogens is 272 g/mol. The highest BCUT2D eigenvalue weighted by Crippen LogP contribution is 2.32. The van der Waals surface area contributed by atoms with Gasteiger partial charge in [-0.1, -0.05) is 25.2 Å². The number of hydrogen-bond donors (Lipinski definition) is 1. The van der Waals surface area contributed by atoms with E-state index in [4.69, 9.17) is 5.73 Å². The molecule has 1 aromatic rings. The van der Waals surface area contributed by atoms with E-state index in [1.807, 2.05) is 0 Å². The van der Waals surface area contributed by atoms with Crippen LogP contribution >= 0.6 is 11.3 Å². The second-order valence-electron chi connectivity index (χ2n) is 5.33. The van der Waals surface area contributed by atoms with Gasteiger partial charge in [-0.3, -0.25) is 0 Å². The summed E-state index contributed by atoms with van der Waals surface area (Å²) in [7, 11) is -3.52. The number of aromatic nitrogens is 2. The standard InChI is InChI=1S/C10H18N4O2S2/c1-10(2)4-3-6-14(7-5-10)18(15,16)9-13-12-8(11)17-9/h3-7H2,1-2H3,(H2,11,12). The highest BCUT2D eigenvalue weighted by molar-refractivity contribution is 7.91. The second-order valence-corrected chi connectivity index (χ2v) is 8.45. The smallest absolute Gasteiger partial charge is 0.272 e. The summed E-state index contributed by atoms with van der Waals surface area (Å²) in [5.41, 5.74) is 5.64. The van der Waals surface area contributed by atoms with Crippen LogP contribution in [0.15, 0.2) is 4.34 Å². The minimum atomic E-state index is -3.52. The summed E-state index contributed by atoms with van der Waals surface area (Å²) in [6, 6.07) is 0. The van der Waals surface area contributed by atoms with Gasteiger partial charge in [0.2, 0.25) is 9.47 Å². The normalized spacial score (nSPS) is 21.7. The maximum Gasteiger partial charge on any atom is 0.272 e. The Morgan fingerprint density at radius 3 is 2.61 bits per heavy atom. The third-order valence-electron chi connectivity index (χ3n) is 3.28. The Labute approximate surface area is 111 Å². The average molecular weight is 290 g/mol. The van der Waals surface area contributed by atoms with Crippen LogP contribution in [0.5, 0.6) is 0 Å². The van der Waals surface area contributed by atoms with E-state index in [9.17, 15) is 8.42 Å². The summed E-state index contributed by atoms with van der Waals surface area (Å²) in [5.74, 6) is 0. The third kappa shape index (κ3) is 2.81. The quantitative estimate of drug-likeness (QED) is 0.887. The van der Waals surface area contributed by atoms with Crippen LogP contribution in [0.4, 0.5) is 5.13 Å². The molecule has 2 heterocycles. The first-order chi connectivity index (χ1) is 8.31. The molecule has 102 valence electrons. The summed E-state index contributed by atoms with van der Waals surface area (Å²) >= 11 is 0.921. The van der Waals surface area contributed by atoms with E-state index in [-0.39, 0.29) is 14.9 Å². The van der Waals surface area contributed by atoms with Crippen molar-refractivity contribution in [3.8, 4) is 0 Å². The number of rotatable bonds is 2. The van der Waals surface area contributed by atoms with Crippen LogP contribution in [0.2, 0.25) is 0 Å². The SMILES string of the molecule is CC1(C)CCCN(S(=O)(=O)c2nnc(N)s2)CC1. The molecule has 2 N–H and O–H groups in total. The molecule has 0 amide bonds. The van der Waals surface area contributed by atoms with Crippen LogP contribution < -0.4 is 5.73 Å². The van der Waals surface area contributed by atoms with Crippen LogP contribution in [0.3, 0.4) is 0 Å². The molecule has 0 aromatic carbocycles. The van der Waals surface area contributed by atoms with Crippen molar-refractivity contribution in [2.45, 2.75) is 37.4 Å². The van der Waals surface area contributed by atoms with Crippen molar-refractivity contribution >= 4 is 26.5 Å². The van der Waals surface area contributed by atoms with Crippen LogP contribution in [-0.4, -0.2) is 36.0 Å². The molecule has 1 saturated heterocycles. The van der Waals surface area contributed by atoms with E-state index in [0.717, 1.165) is 30.6 Å². The Morgan fingerprint density at radius 1 is 1.28 bits per heavy atom. The third-order valence-corrected chi connectivity index (χ3v) is 6.28. The maximum absolute atomic E-state index is 12.3. The predicted octanol–water partition coefficient (Wildman–Crippen LogP) is 1.32. The number of anilines is 1. The first kappa shape index (κ1) is 13.7. The van der Waals surface area contributed by atoms with Gasteiger partial charge in [-0.2, -0.15) is 4.31 Å². The first-order valence-corrected chi connectivity index (χ1v) is 8.16. The lowest BCUT2D eigenvalue weighted by Gasteiger charge is -2.22. The molecule has 0 atom stereocenters. The minimum Gasteiger partial charge on any atom is -0.374 e. The van der Waals surface area contributed by atoms with Crippen molar-refractivity contribution in [2.24, 2.45) is 5.41 Å². The number of nitrogens with two attached hydrogens (primary N) is 1. The molecule has 0 spiro atoms. The van der Waals surface area contributed by atoms with Gasteiger partial charge in [-0.05, 0) is 24.7 Å². The van der Waals surface area contributed by atoms with E-state index in [2.05, 4.69) is 24.0 Å². The molecule has 0 unspecified atom stereocenters. The van der Waals surface area contributed by atoms with Crippen molar-refractivity contribution in [2.75, 3.05) is 18.8 Å². The van der Waals surface area contributed by atoms with Crippen LogP contribution in [0, 0.1) is 5.41 Å². The monoisotopic (exact) mass is 290 g/mol. The molecule has 2 rings (SSSR count). The van der Waals surface area contributed by atoms with Gasteiger partial charge >= 0.3 is 0 Å². The van der Waals surface area contributed by atoms with Crippen molar-refractivity contribution in [1.82, 2.24) is 14.5 Å². The Bertz CT molecular complexity index is 524. The minimum absolute atomic E-state index is 0.000272. The van der Waals surface area contributed by atoms with Crippen molar-refractivity contribution in [3.05, 3.63) is 0 Å². The van der Waals surface area contributed by atoms with Crippen molar-refractivity contribution in [3.63, 3.8) is 0 Å². The van der Waals surface area contributed by atoms with E-state index >= 15 is 0 Å². The fraction of sp³-hybridized carbons (Fsp3) is 0.800. The van der Waals surface area contributed by atoms with Gasteiger partial charge in [0.25, 0.3) is 10.0 Å². The lowest BCUT2D eigenvalue weighted by Crippen LogP contribution is -2.32. The highest BCUT2D eigenvalue weighted by Gasteiger charge is 2.32. The zero-order chi connectivity index (χ0) is 13.4. The van der Waals surface area contributed by atoms with Crippen molar-refractivity contribution < 1.29 is 8.42 Å². The molecule has 0 bridgehead atoms. The van der Waals surface area contributed by atoms with E-state index in [1.54, 1.807) is 0 Å². The topological polar surface area (TPSA) is 89.2 Å². The number of sulfonamides is 1. The molecule has 1 aliphatic rings. The summed E-state index contributed by atoms with van der Waals surface area (Å²) in [5, 5.41) is 7.40. The lowest BCUT2D eigenvalue weighted by molar-refractivity contribution is 0.314.